The summed E-state index contributed by atoms with van der Waals surface area (Å²) >= 11 is 5.03. The normalized spacial score (nSPS) is 12.7. The van der Waals surface area contributed by atoms with Gasteiger partial charge in [-0.2, -0.15) is 0 Å². The first-order chi connectivity index (χ1) is 8.54. The van der Waals surface area contributed by atoms with Crippen LogP contribution in [0.5, 0.6) is 0 Å². The van der Waals surface area contributed by atoms with Gasteiger partial charge in [-0.05, 0) is 37.1 Å². The second kappa shape index (κ2) is 5.91. The van der Waals surface area contributed by atoms with Crippen molar-refractivity contribution in [3.05, 3.63) is 50.1 Å². The topological polar surface area (TPSA) is 38.9 Å². The van der Waals surface area contributed by atoms with Crippen molar-refractivity contribution in [3.63, 3.8) is 0 Å². The van der Waals surface area contributed by atoms with Crippen molar-refractivity contribution < 1.29 is 4.39 Å². The third-order valence-electron chi connectivity index (χ3n) is 2.59. The van der Waals surface area contributed by atoms with Crippen LogP contribution in [0.3, 0.4) is 0 Å². The van der Waals surface area contributed by atoms with Crippen LogP contribution < -0.4 is 5.73 Å². The molecule has 0 fully saturated rings. The van der Waals surface area contributed by atoms with Crippen molar-refractivity contribution in [3.8, 4) is 0 Å². The maximum Gasteiger partial charge on any atom is 0.123 e. The average Bonchev–Trinajstić information content (AvgIpc) is 2.69. The lowest BCUT2D eigenvalue weighted by atomic mass is 10.0. The summed E-state index contributed by atoms with van der Waals surface area (Å²) in [5.41, 5.74) is 8.01. The minimum atomic E-state index is -0.231. The summed E-state index contributed by atoms with van der Waals surface area (Å²) in [6, 6.07) is 4.62. The Labute approximate surface area is 118 Å². The van der Waals surface area contributed by atoms with E-state index in [1.165, 1.54) is 12.1 Å². The van der Waals surface area contributed by atoms with Crippen LogP contribution in [0.1, 0.15) is 16.3 Å². The van der Waals surface area contributed by atoms with Gasteiger partial charge < -0.3 is 5.73 Å². The van der Waals surface area contributed by atoms with Crippen LogP contribution in [0.15, 0.2) is 28.1 Å². The van der Waals surface area contributed by atoms with E-state index in [0.29, 0.717) is 6.42 Å². The van der Waals surface area contributed by atoms with Crippen LogP contribution in [-0.2, 0) is 12.8 Å². The second-order valence-electron chi connectivity index (χ2n) is 4.29. The molecule has 1 atom stereocenters. The lowest BCUT2D eigenvalue weighted by Crippen LogP contribution is -2.25. The van der Waals surface area contributed by atoms with Gasteiger partial charge in [0.2, 0.25) is 0 Å². The summed E-state index contributed by atoms with van der Waals surface area (Å²) in [5, 5.41) is 3.05. The molecule has 1 aromatic carbocycles. The molecule has 0 aliphatic heterocycles. The molecule has 2 nitrogen and oxygen atoms in total. The second-order valence-corrected chi connectivity index (χ2v) is 6.08. The van der Waals surface area contributed by atoms with Gasteiger partial charge in [0, 0.05) is 28.0 Å². The third-order valence-corrected chi connectivity index (χ3v) is 4.36. The number of rotatable bonds is 4. The average molecular weight is 329 g/mol. The Morgan fingerprint density at radius 3 is 2.89 bits per heavy atom. The third kappa shape index (κ3) is 3.60. The van der Waals surface area contributed by atoms with Gasteiger partial charge in [-0.3, -0.25) is 0 Å². The summed E-state index contributed by atoms with van der Waals surface area (Å²) in [6.45, 7) is 1.97. The molecule has 1 aromatic heterocycles. The Morgan fingerprint density at radius 1 is 1.44 bits per heavy atom. The summed E-state index contributed by atoms with van der Waals surface area (Å²) in [4.78, 5) is 4.38. The van der Waals surface area contributed by atoms with Crippen molar-refractivity contribution in [2.45, 2.75) is 25.8 Å². The number of nitrogens with two attached hydrogens (primary N) is 1. The van der Waals surface area contributed by atoms with Crippen molar-refractivity contribution in [2.24, 2.45) is 5.73 Å². The molecule has 2 N–H and O–H groups in total. The Kier molecular flexibility index (Phi) is 4.48. The van der Waals surface area contributed by atoms with Crippen LogP contribution >= 0.6 is 27.3 Å². The van der Waals surface area contributed by atoms with Crippen LogP contribution in [0, 0.1) is 12.7 Å². The number of halogens is 2. The number of aromatic nitrogens is 1. The summed E-state index contributed by atoms with van der Waals surface area (Å²) in [6.07, 6.45) is 1.36. The minimum absolute atomic E-state index is 0.0475. The van der Waals surface area contributed by atoms with E-state index in [2.05, 4.69) is 20.9 Å². The van der Waals surface area contributed by atoms with Crippen LogP contribution in [0.25, 0.3) is 0 Å². The Bertz CT molecular complexity index is 542. The quantitative estimate of drug-likeness (QED) is 0.933. The molecule has 2 aromatic rings. The first-order valence-corrected chi connectivity index (χ1v) is 7.32. The van der Waals surface area contributed by atoms with Gasteiger partial charge in [0.1, 0.15) is 5.82 Å². The predicted octanol–water partition coefficient (Wildman–Crippen LogP) is 3.47. The molecule has 0 aliphatic rings. The maximum absolute atomic E-state index is 13.2. The first-order valence-electron chi connectivity index (χ1n) is 5.65. The van der Waals surface area contributed by atoms with E-state index >= 15 is 0 Å². The van der Waals surface area contributed by atoms with Gasteiger partial charge in [-0.15, -0.1) is 11.3 Å². The largest absolute Gasteiger partial charge is 0.327 e. The number of benzene rings is 1. The van der Waals surface area contributed by atoms with Gasteiger partial charge in [0.05, 0.1) is 5.01 Å². The molecule has 2 rings (SSSR count). The zero-order valence-electron chi connectivity index (χ0n) is 9.99. The van der Waals surface area contributed by atoms with Gasteiger partial charge in [0.25, 0.3) is 0 Å². The van der Waals surface area contributed by atoms with Crippen molar-refractivity contribution >= 4 is 27.3 Å². The van der Waals surface area contributed by atoms with Gasteiger partial charge in [-0.25, -0.2) is 9.37 Å². The number of aryl methyl sites for hydroxylation is 1. The van der Waals surface area contributed by atoms with E-state index in [1.54, 1.807) is 17.4 Å². The monoisotopic (exact) mass is 328 g/mol. The molecule has 18 heavy (non-hydrogen) atoms. The van der Waals surface area contributed by atoms with E-state index in [-0.39, 0.29) is 11.9 Å². The van der Waals surface area contributed by atoms with Crippen molar-refractivity contribution in [1.29, 1.82) is 0 Å². The number of thiazole rings is 1. The molecule has 1 unspecified atom stereocenters. The Morgan fingerprint density at radius 2 is 2.22 bits per heavy atom. The highest BCUT2D eigenvalue weighted by molar-refractivity contribution is 9.10. The van der Waals surface area contributed by atoms with E-state index in [4.69, 9.17) is 5.73 Å². The number of nitrogens with zero attached hydrogens (tertiary/aromatic N) is 1. The van der Waals surface area contributed by atoms with Gasteiger partial charge in [0.15, 0.2) is 0 Å². The molecule has 0 aliphatic carbocycles. The summed E-state index contributed by atoms with van der Waals surface area (Å²) in [5.74, 6) is -0.231. The van der Waals surface area contributed by atoms with Crippen LogP contribution in [-0.4, -0.2) is 11.0 Å². The number of hydrogen-bond donors (Lipinski definition) is 1. The fourth-order valence-electron chi connectivity index (χ4n) is 1.78. The van der Waals surface area contributed by atoms with E-state index < -0.39 is 0 Å². The maximum atomic E-state index is 13.2. The van der Waals surface area contributed by atoms with E-state index in [9.17, 15) is 4.39 Å². The van der Waals surface area contributed by atoms with E-state index in [0.717, 1.165) is 27.2 Å². The minimum Gasteiger partial charge on any atom is -0.327 e. The Hall–Kier alpha value is -0.780. The molecule has 5 heteroatoms. The molecule has 0 saturated carbocycles. The lowest BCUT2D eigenvalue weighted by molar-refractivity contribution is 0.616. The smallest absolute Gasteiger partial charge is 0.123 e. The molecular weight excluding hydrogens is 315 g/mol. The Balaban J connectivity index is 2.02. The molecule has 0 radical (unpaired) electrons. The fourth-order valence-corrected chi connectivity index (χ4v) is 3.05. The lowest BCUT2D eigenvalue weighted by Gasteiger charge is -2.11. The molecule has 96 valence electrons. The molecule has 1 heterocycles. The summed E-state index contributed by atoms with van der Waals surface area (Å²) < 4.78 is 14.1. The molecule has 0 saturated heterocycles. The molecule has 0 amide bonds. The standard InChI is InChI=1S/C13H14BrFN2S/c1-8-7-18-13(17-8)6-11(16)5-9-4-10(15)2-3-12(9)14/h2-4,7,11H,5-6,16H2,1H3. The molecule has 0 bridgehead atoms. The van der Waals surface area contributed by atoms with E-state index in [1.807, 2.05) is 12.3 Å². The zero-order chi connectivity index (χ0) is 13.1. The molecule has 0 spiro atoms. The fraction of sp³-hybridized carbons (Fsp3) is 0.308. The SMILES string of the molecule is Cc1csc(CC(N)Cc2cc(F)ccc2Br)n1. The summed E-state index contributed by atoms with van der Waals surface area (Å²) in [7, 11) is 0. The van der Waals surface area contributed by atoms with Crippen LogP contribution in [0.2, 0.25) is 0 Å². The molecular formula is C13H14BrFN2S. The van der Waals surface area contributed by atoms with Crippen molar-refractivity contribution in [1.82, 2.24) is 4.98 Å². The van der Waals surface area contributed by atoms with Gasteiger partial charge in [-0.1, -0.05) is 15.9 Å². The first kappa shape index (κ1) is 13.6. The highest BCUT2D eigenvalue weighted by Gasteiger charge is 2.11. The highest BCUT2D eigenvalue weighted by atomic mass is 79.9. The highest BCUT2D eigenvalue weighted by Crippen LogP contribution is 2.20. The zero-order valence-corrected chi connectivity index (χ0v) is 12.4. The van der Waals surface area contributed by atoms with Crippen LogP contribution in [0.4, 0.5) is 4.39 Å². The number of hydrogen-bond acceptors (Lipinski definition) is 3. The van der Waals surface area contributed by atoms with Gasteiger partial charge >= 0.3 is 0 Å². The van der Waals surface area contributed by atoms with Crippen molar-refractivity contribution in [2.75, 3.05) is 0 Å². The predicted molar refractivity (Wildman–Crippen MR) is 76.3 cm³/mol.